The number of aliphatic imine (C=N–C) groups is 1. The van der Waals surface area contributed by atoms with E-state index in [1.807, 2.05) is 30.3 Å². The number of hydrogen-bond acceptors (Lipinski definition) is 4. The van der Waals surface area contributed by atoms with Crippen molar-refractivity contribution in [2.45, 2.75) is 19.1 Å². The van der Waals surface area contributed by atoms with Crippen molar-refractivity contribution in [2.75, 3.05) is 26.8 Å². The lowest BCUT2D eigenvalue weighted by molar-refractivity contribution is 0.171. The van der Waals surface area contributed by atoms with Crippen LogP contribution in [0.2, 0.25) is 5.02 Å². The Bertz CT molecular complexity index is 838. The Hall–Kier alpha value is -1.87. The van der Waals surface area contributed by atoms with E-state index in [4.69, 9.17) is 25.8 Å². The van der Waals surface area contributed by atoms with E-state index in [0.29, 0.717) is 48.8 Å². The number of rotatable bonds is 4. The zero-order valence-electron chi connectivity index (χ0n) is 15.5. The molecular weight excluding hydrogens is 493 g/mol. The minimum Gasteiger partial charge on any atom is -0.488 e. The molecule has 0 spiro atoms. The zero-order valence-corrected chi connectivity index (χ0v) is 18.6. The molecule has 2 aliphatic heterocycles. The molecule has 2 aromatic rings. The third kappa shape index (κ3) is 4.75. The Morgan fingerprint density at radius 3 is 2.79 bits per heavy atom. The maximum Gasteiger partial charge on any atom is 0.191 e. The predicted molar refractivity (Wildman–Crippen MR) is 121 cm³/mol. The van der Waals surface area contributed by atoms with E-state index in [1.54, 1.807) is 7.05 Å². The van der Waals surface area contributed by atoms with E-state index in [2.05, 4.69) is 21.7 Å². The third-order valence-electron chi connectivity index (χ3n) is 4.55. The third-order valence-corrected chi connectivity index (χ3v) is 4.83. The molecule has 0 saturated heterocycles. The van der Waals surface area contributed by atoms with Gasteiger partial charge in [0.1, 0.15) is 25.1 Å². The van der Waals surface area contributed by atoms with Crippen LogP contribution in [0.5, 0.6) is 17.2 Å². The maximum atomic E-state index is 6.29. The molecule has 0 aromatic heterocycles. The maximum absolute atomic E-state index is 6.29. The van der Waals surface area contributed by atoms with Crippen molar-refractivity contribution in [1.29, 1.82) is 0 Å². The lowest BCUT2D eigenvalue weighted by Gasteiger charge is -2.21. The Morgan fingerprint density at radius 1 is 1.14 bits per heavy atom. The Balaban J connectivity index is 0.00000225. The molecule has 0 saturated carbocycles. The van der Waals surface area contributed by atoms with E-state index in [-0.39, 0.29) is 30.1 Å². The number of hydrogen-bond donors (Lipinski definition) is 2. The molecule has 28 heavy (non-hydrogen) atoms. The predicted octanol–water partition coefficient (Wildman–Crippen LogP) is 3.40. The van der Waals surface area contributed by atoms with Gasteiger partial charge >= 0.3 is 0 Å². The molecule has 1 atom stereocenters. The first-order valence-electron chi connectivity index (χ1n) is 9.00. The summed E-state index contributed by atoms with van der Waals surface area (Å²) in [6.45, 7) is 2.30. The molecule has 0 radical (unpaired) electrons. The molecule has 2 N–H and O–H groups in total. The Labute approximate surface area is 186 Å². The number of halogens is 2. The van der Waals surface area contributed by atoms with Crippen LogP contribution >= 0.6 is 35.6 Å². The van der Waals surface area contributed by atoms with Gasteiger partial charge in [0, 0.05) is 20.0 Å². The summed E-state index contributed by atoms with van der Waals surface area (Å²) in [5.41, 5.74) is 2.25. The zero-order chi connectivity index (χ0) is 18.6. The SMILES string of the molecule is CN=C(NCc1cc(Cl)c2c(c1)OCCO2)NCC1Cc2ccccc2O1.I. The summed E-state index contributed by atoms with van der Waals surface area (Å²) in [5.74, 6) is 2.98. The Kier molecular flexibility index (Phi) is 7.12. The summed E-state index contributed by atoms with van der Waals surface area (Å²) in [4.78, 5) is 4.27. The normalized spacial score (nSPS) is 17.2. The average Bonchev–Trinajstić information content (AvgIpc) is 3.11. The van der Waals surface area contributed by atoms with Gasteiger partial charge in [-0.15, -0.1) is 24.0 Å². The van der Waals surface area contributed by atoms with Crippen molar-refractivity contribution in [2.24, 2.45) is 4.99 Å². The summed E-state index contributed by atoms with van der Waals surface area (Å²) in [7, 11) is 1.75. The summed E-state index contributed by atoms with van der Waals surface area (Å²) < 4.78 is 17.1. The summed E-state index contributed by atoms with van der Waals surface area (Å²) in [5, 5.41) is 7.17. The molecule has 4 rings (SSSR count). The molecule has 2 aliphatic rings. The van der Waals surface area contributed by atoms with Crippen molar-refractivity contribution >= 4 is 41.5 Å². The van der Waals surface area contributed by atoms with Crippen LogP contribution in [0.4, 0.5) is 0 Å². The monoisotopic (exact) mass is 515 g/mol. The highest BCUT2D eigenvalue weighted by Gasteiger charge is 2.22. The molecule has 2 heterocycles. The smallest absolute Gasteiger partial charge is 0.191 e. The summed E-state index contributed by atoms with van der Waals surface area (Å²) >= 11 is 6.29. The van der Waals surface area contributed by atoms with Crippen LogP contribution in [-0.2, 0) is 13.0 Å². The van der Waals surface area contributed by atoms with Gasteiger partial charge in [0.2, 0.25) is 0 Å². The molecule has 0 aliphatic carbocycles. The lowest BCUT2D eigenvalue weighted by atomic mass is 10.1. The first-order valence-corrected chi connectivity index (χ1v) is 9.38. The number of ether oxygens (including phenoxy) is 3. The second-order valence-electron chi connectivity index (χ2n) is 6.46. The average molecular weight is 516 g/mol. The lowest BCUT2D eigenvalue weighted by Crippen LogP contribution is -2.41. The minimum absolute atomic E-state index is 0. The number of para-hydroxylation sites is 1. The number of benzene rings is 2. The highest BCUT2D eigenvalue weighted by Crippen LogP contribution is 2.38. The number of nitrogens with one attached hydrogen (secondary N) is 2. The van der Waals surface area contributed by atoms with E-state index in [1.165, 1.54) is 5.56 Å². The highest BCUT2D eigenvalue weighted by atomic mass is 127. The fourth-order valence-corrected chi connectivity index (χ4v) is 3.54. The van der Waals surface area contributed by atoms with Gasteiger partial charge in [-0.1, -0.05) is 29.8 Å². The van der Waals surface area contributed by atoms with Crippen LogP contribution in [-0.4, -0.2) is 38.9 Å². The molecule has 150 valence electrons. The van der Waals surface area contributed by atoms with Crippen molar-refractivity contribution in [1.82, 2.24) is 10.6 Å². The molecule has 0 bridgehead atoms. The van der Waals surface area contributed by atoms with Gasteiger partial charge in [-0.2, -0.15) is 0 Å². The van der Waals surface area contributed by atoms with Gasteiger partial charge in [0.15, 0.2) is 17.5 Å². The van der Waals surface area contributed by atoms with Gasteiger partial charge in [0.25, 0.3) is 0 Å². The van der Waals surface area contributed by atoms with Gasteiger partial charge in [-0.05, 0) is 29.3 Å². The van der Waals surface area contributed by atoms with Crippen LogP contribution < -0.4 is 24.8 Å². The van der Waals surface area contributed by atoms with Crippen LogP contribution in [0.15, 0.2) is 41.4 Å². The number of fused-ring (bicyclic) bond motifs is 2. The second-order valence-corrected chi connectivity index (χ2v) is 6.87. The first-order chi connectivity index (χ1) is 13.2. The van der Waals surface area contributed by atoms with Crippen LogP contribution in [0, 0.1) is 0 Å². The fraction of sp³-hybridized carbons (Fsp3) is 0.350. The van der Waals surface area contributed by atoms with Gasteiger partial charge in [-0.3, -0.25) is 4.99 Å². The van der Waals surface area contributed by atoms with E-state index < -0.39 is 0 Å². The van der Waals surface area contributed by atoms with E-state index >= 15 is 0 Å². The van der Waals surface area contributed by atoms with Crippen LogP contribution in [0.25, 0.3) is 0 Å². The van der Waals surface area contributed by atoms with Crippen LogP contribution in [0.3, 0.4) is 0 Å². The van der Waals surface area contributed by atoms with Crippen molar-refractivity contribution in [3.63, 3.8) is 0 Å². The molecule has 0 amide bonds. The Morgan fingerprint density at radius 2 is 1.96 bits per heavy atom. The molecule has 6 nitrogen and oxygen atoms in total. The second kappa shape index (κ2) is 9.56. The largest absolute Gasteiger partial charge is 0.488 e. The van der Waals surface area contributed by atoms with Crippen molar-refractivity contribution in [3.05, 3.63) is 52.5 Å². The van der Waals surface area contributed by atoms with Crippen LogP contribution in [0.1, 0.15) is 11.1 Å². The quantitative estimate of drug-likeness (QED) is 0.371. The summed E-state index contributed by atoms with van der Waals surface area (Å²) in [6.07, 6.45) is 1.00. The summed E-state index contributed by atoms with van der Waals surface area (Å²) in [6, 6.07) is 12.0. The van der Waals surface area contributed by atoms with Crippen molar-refractivity contribution < 1.29 is 14.2 Å². The molecule has 8 heteroatoms. The minimum atomic E-state index is 0. The highest BCUT2D eigenvalue weighted by molar-refractivity contribution is 14.0. The van der Waals surface area contributed by atoms with Gasteiger partial charge in [-0.25, -0.2) is 0 Å². The number of nitrogens with zero attached hydrogens (tertiary/aromatic N) is 1. The number of guanidine groups is 1. The van der Waals surface area contributed by atoms with E-state index in [9.17, 15) is 0 Å². The topological polar surface area (TPSA) is 64.1 Å². The molecular formula is C20H23ClIN3O3. The van der Waals surface area contributed by atoms with E-state index in [0.717, 1.165) is 17.7 Å². The molecule has 2 aromatic carbocycles. The molecule has 1 unspecified atom stereocenters. The standard InChI is InChI=1S/C20H22ClN3O3.HI/c1-22-20(24-12-15-10-14-4-2-3-5-17(14)27-15)23-11-13-8-16(21)19-18(9-13)25-6-7-26-19;/h2-5,8-9,15H,6-7,10-12H2,1H3,(H2,22,23,24);1H. The fourth-order valence-electron chi connectivity index (χ4n) is 3.25. The van der Waals surface area contributed by atoms with Crippen molar-refractivity contribution in [3.8, 4) is 17.2 Å². The van der Waals surface area contributed by atoms with Gasteiger partial charge in [0.05, 0.1) is 11.6 Å². The van der Waals surface area contributed by atoms with Gasteiger partial charge < -0.3 is 24.8 Å². The first kappa shape index (κ1) is 20.9. The molecule has 0 fully saturated rings.